The van der Waals surface area contributed by atoms with E-state index in [1.54, 1.807) is 18.2 Å². The second-order valence-corrected chi connectivity index (χ2v) is 5.58. The topological polar surface area (TPSA) is 130 Å². The molecular weight excluding hydrogens is 320 g/mol. The van der Waals surface area contributed by atoms with Gasteiger partial charge in [0.1, 0.15) is 11.5 Å². The van der Waals surface area contributed by atoms with E-state index in [1.807, 2.05) is 0 Å². The van der Waals surface area contributed by atoms with Crippen LogP contribution in [-0.4, -0.2) is 21.3 Å². The molecule has 0 bridgehead atoms. The lowest BCUT2D eigenvalue weighted by atomic mass is 9.89. The van der Waals surface area contributed by atoms with E-state index < -0.39 is 5.97 Å². The summed E-state index contributed by atoms with van der Waals surface area (Å²) >= 11 is 0. The summed E-state index contributed by atoms with van der Waals surface area (Å²) in [6.45, 7) is 0. The number of carbonyl (C=O) groups is 1. The average molecular weight is 336 g/mol. The minimum Gasteiger partial charge on any atom is -0.508 e. The molecule has 3 rings (SSSR count). The first-order valence-corrected chi connectivity index (χ1v) is 7.42. The zero-order valence-electron chi connectivity index (χ0n) is 13.1. The monoisotopic (exact) mass is 336 g/mol. The van der Waals surface area contributed by atoms with E-state index in [0.717, 1.165) is 0 Å². The van der Waals surface area contributed by atoms with E-state index in [1.165, 1.54) is 36.4 Å². The molecule has 7 N–H and O–H groups in total. The first-order chi connectivity index (χ1) is 11.9. The molecule has 0 atom stereocenters. The highest BCUT2D eigenvalue weighted by Crippen LogP contribution is 2.41. The lowest BCUT2D eigenvalue weighted by molar-refractivity contribution is 0.0698. The number of phenols is 2. The number of rotatable bonds is 3. The van der Waals surface area contributed by atoms with Crippen LogP contribution in [0.1, 0.15) is 10.4 Å². The Labute approximate surface area is 143 Å². The molecular formula is C19H16N2O4. The Morgan fingerprint density at radius 2 is 1.52 bits per heavy atom. The first-order valence-electron chi connectivity index (χ1n) is 7.42. The standard InChI is InChI=1S/C19H16N2O4/c20-14-6-5-13(19(24)25)17(10-2-1-3-12(22)8-10)18(14)11-4-7-16(23)15(21)9-11/h1-9,22-23H,20-21H2,(H,24,25). The highest BCUT2D eigenvalue weighted by atomic mass is 16.4. The van der Waals surface area contributed by atoms with Crippen molar-refractivity contribution in [3.8, 4) is 33.8 Å². The number of nitrogen functional groups attached to an aromatic ring is 2. The van der Waals surface area contributed by atoms with E-state index in [2.05, 4.69) is 0 Å². The summed E-state index contributed by atoms with van der Waals surface area (Å²) in [5.41, 5.74) is 14.4. The second-order valence-electron chi connectivity index (χ2n) is 5.58. The molecule has 3 aromatic rings. The zero-order chi connectivity index (χ0) is 18.1. The van der Waals surface area contributed by atoms with Crippen molar-refractivity contribution in [3.05, 3.63) is 60.2 Å². The van der Waals surface area contributed by atoms with Crippen LogP contribution >= 0.6 is 0 Å². The van der Waals surface area contributed by atoms with Crippen LogP contribution in [0.2, 0.25) is 0 Å². The van der Waals surface area contributed by atoms with Crippen molar-refractivity contribution in [2.75, 3.05) is 11.5 Å². The van der Waals surface area contributed by atoms with Gasteiger partial charge in [0, 0.05) is 16.8 Å². The lowest BCUT2D eigenvalue weighted by Crippen LogP contribution is -2.04. The summed E-state index contributed by atoms with van der Waals surface area (Å²) in [7, 11) is 0. The Bertz CT molecular complexity index is 983. The van der Waals surface area contributed by atoms with Crippen LogP contribution in [-0.2, 0) is 0 Å². The molecule has 0 amide bonds. The number of carboxylic acids is 1. The van der Waals surface area contributed by atoms with Crippen LogP contribution < -0.4 is 11.5 Å². The van der Waals surface area contributed by atoms with Crippen LogP contribution in [0.25, 0.3) is 22.3 Å². The molecule has 25 heavy (non-hydrogen) atoms. The van der Waals surface area contributed by atoms with Crippen LogP contribution in [0.5, 0.6) is 11.5 Å². The Kier molecular flexibility index (Phi) is 3.94. The van der Waals surface area contributed by atoms with E-state index in [0.29, 0.717) is 27.9 Å². The Hall–Kier alpha value is -3.67. The predicted molar refractivity (Wildman–Crippen MR) is 96.4 cm³/mol. The number of carboxylic acid groups (broad SMARTS) is 1. The Morgan fingerprint density at radius 3 is 2.16 bits per heavy atom. The van der Waals surface area contributed by atoms with Gasteiger partial charge >= 0.3 is 5.97 Å². The molecule has 6 heteroatoms. The van der Waals surface area contributed by atoms with Crippen molar-refractivity contribution in [3.63, 3.8) is 0 Å². The number of hydrogen-bond acceptors (Lipinski definition) is 5. The van der Waals surface area contributed by atoms with Crippen molar-refractivity contribution in [2.24, 2.45) is 0 Å². The highest BCUT2D eigenvalue weighted by Gasteiger charge is 2.20. The molecule has 0 aliphatic heterocycles. The third-order valence-corrected chi connectivity index (χ3v) is 3.92. The van der Waals surface area contributed by atoms with Gasteiger partial charge in [0.25, 0.3) is 0 Å². The third-order valence-electron chi connectivity index (χ3n) is 3.92. The molecule has 0 radical (unpaired) electrons. The van der Waals surface area contributed by atoms with Crippen molar-refractivity contribution < 1.29 is 20.1 Å². The van der Waals surface area contributed by atoms with E-state index in [9.17, 15) is 20.1 Å². The van der Waals surface area contributed by atoms with Crippen LogP contribution in [0, 0.1) is 0 Å². The number of phenolic OH excluding ortho intramolecular Hbond substituents is 2. The summed E-state index contributed by atoms with van der Waals surface area (Å²) in [5.74, 6) is -1.19. The molecule has 0 aromatic heterocycles. The maximum Gasteiger partial charge on any atom is 0.336 e. The quantitative estimate of drug-likeness (QED) is 0.368. The molecule has 0 aliphatic rings. The second kappa shape index (κ2) is 6.09. The van der Waals surface area contributed by atoms with Gasteiger partial charge in [-0.2, -0.15) is 0 Å². The van der Waals surface area contributed by atoms with E-state index in [-0.39, 0.29) is 22.7 Å². The third kappa shape index (κ3) is 2.92. The molecule has 0 unspecified atom stereocenters. The number of anilines is 2. The number of aromatic carboxylic acids is 1. The predicted octanol–water partition coefficient (Wildman–Crippen LogP) is 3.29. The minimum atomic E-state index is -1.12. The van der Waals surface area contributed by atoms with Gasteiger partial charge in [-0.15, -0.1) is 0 Å². The smallest absolute Gasteiger partial charge is 0.336 e. The summed E-state index contributed by atoms with van der Waals surface area (Å²) in [5, 5.41) is 29.0. The first kappa shape index (κ1) is 16.2. The summed E-state index contributed by atoms with van der Waals surface area (Å²) in [6.07, 6.45) is 0. The lowest BCUT2D eigenvalue weighted by Gasteiger charge is -2.17. The van der Waals surface area contributed by atoms with Crippen molar-refractivity contribution in [1.82, 2.24) is 0 Å². The molecule has 0 spiro atoms. The van der Waals surface area contributed by atoms with Crippen molar-refractivity contribution >= 4 is 17.3 Å². The molecule has 0 saturated heterocycles. The Balaban J connectivity index is 2.39. The highest BCUT2D eigenvalue weighted by molar-refractivity contribution is 6.04. The summed E-state index contributed by atoms with van der Waals surface area (Å²) in [4.78, 5) is 11.7. The molecule has 0 saturated carbocycles. The normalized spacial score (nSPS) is 10.6. The average Bonchev–Trinajstić information content (AvgIpc) is 2.57. The van der Waals surface area contributed by atoms with Gasteiger partial charge in [-0.25, -0.2) is 4.79 Å². The maximum absolute atomic E-state index is 11.7. The van der Waals surface area contributed by atoms with Crippen molar-refractivity contribution in [1.29, 1.82) is 0 Å². The number of benzene rings is 3. The number of nitrogens with two attached hydrogens (primary N) is 2. The fourth-order valence-corrected chi connectivity index (χ4v) is 2.78. The van der Waals surface area contributed by atoms with Gasteiger partial charge in [0.15, 0.2) is 0 Å². The van der Waals surface area contributed by atoms with Gasteiger partial charge in [0.05, 0.1) is 11.3 Å². The van der Waals surface area contributed by atoms with Gasteiger partial charge in [-0.05, 0) is 47.5 Å². The van der Waals surface area contributed by atoms with Crippen LogP contribution in [0.15, 0.2) is 54.6 Å². The SMILES string of the molecule is Nc1cc(-c2c(N)ccc(C(=O)O)c2-c2cccc(O)c2)ccc1O. The minimum absolute atomic E-state index is 0.00688. The largest absolute Gasteiger partial charge is 0.508 e. The summed E-state index contributed by atoms with van der Waals surface area (Å²) < 4.78 is 0. The number of aromatic hydroxyl groups is 2. The van der Waals surface area contributed by atoms with E-state index in [4.69, 9.17) is 11.5 Å². The molecule has 3 aromatic carbocycles. The van der Waals surface area contributed by atoms with Crippen LogP contribution in [0.3, 0.4) is 0 Å². The van der Waals surface area contributed by atoms with Crippen LogP contribution in [0.4, 0.5) is 11.4 Å². The van der Waals surface area contributed by atoms with Crippen molar-refractivity contribution in [2.45, 2.75) is 0 Å². The van der Waals surface area contributed by atoms with Gasteiger partial charge < -0.3 is 26.8 Å². The fraction of sp³-hybridized carbons (Fsp3) is 0. The zero-order valence-corrected chi connectivity index (χ0v) is 13.1. The fourth-order valence-electron chi connectivity index (χ4n) is 2.78. The van der Waals surface area contributed by atoms with E-state index >= 15 is 0 Å². The summed E-state index contributed by atoms with van der Waals surface area (Å²) in [6, 6.07) is 13.8. The molecule has 0 heterocycles. The maximum atomic E-state index is 11.7. The van der Waals surface area contributed by atoms with Gasteiger partial charge in [-0.1, -0.05) is 18.2 Å². The number of hydrogen-bond donors (Lipinski definition) is 5. The molecule has 6 nitrogen and oxygen atoms in total. The molecule has 126 valence electrons. The van der Waals surface area contributed by atoms with Gasteiger partial charge in [0.2, 0.25) is 0 Å². The molecule has 0 aliphatic carbocycles. The Morgan fingerprint density at radius 1 is 0.800 bits per heavy atom. The molecule has 0 fully saturated rings. The van der Waals surface area contributed by atoms with Gasteiger partial charge in [-0.3, -0.25) is 0 Å².